The molecule has 11 heteroatoms. The Bertz CT molecular complexity index is 1340. The van der Waals surface area contributed by atoms with Gasteiger partial charge in [0.05, 0.1) is 35.7 Å². The maximum Gasteiger partial charge on any atom is 0.247 e. The lowest BCUT2D eigenvalue weighted by molar-refractivity contribution is -0.139. The van der Waals surface area contributed by atoms with Crippen LogP contribution in [0.5, 0.6) is 11.5 Å². The molecule has 1 fully saturated rings. The number of benzene rings is 2. The number of methoxy groups -OCH3 is 1. The fourth-order valence-electron chi connectivity index (χ4n) is 5.29. The van der Waals surface area contributed by atoms with Crippen LogP contribution in [-0.2, 0) is 16.1 Å². The van der Waals surface area contributed by atoms with Crippen molar-refractivity contribution < 1.29 is 34.1 Å². The average molecular weight is 575 g/mol. The third kappa shape index (κ3) is 5.24. The van der Waals surface area contributed by atoms with Crippen LogP contribution in [0.1, 0.15) is 40.2 Å². The molecule has 206 valence electrons. The second-order valence-electron chi connectivity index (χ2n) is 9.89. The predicted molar refractivity (Wildman–Crippen MR) is 143 cm³/mol. The van der Waals surface area contributed by atoms with E-state index < -0.39 is 30.1 Å². The normalized spacial score (nSPS) is 23.2. The molecule has 1 aliphatic heterocycles. The molecule has 4 atom stereocenters. The lowest BCUT2D eigenvalue weighted by Crippen LogP contribution is -2.55. The highest BCUT2D eigenvalue weighted by molar-refractivity contribution is 6.42. The Balaban J connectivity index is 1.59. The van der Waals surface area contributed by atoms with Gasteiger partial charge in [-0.2, -0.15) is 0 Å². The van der Waals surface area contributed by atoms with Crippen LogP contribution in [-0.4, -0.2) is 71.7 Å². The van der Waals surface area contributed by atoms with Crippen LogP contribution < -0.4 is 14.8 Å². The minimum absolute atomic E-state index is 0.0141. The van der Waals surface area contributed by atoms with Crippen LogP contribution in [0, 0.1) is 5.92 Å². The molecule has 5 rings (SSSR count). The van der Waals surface area contributed by atoms with Gasteiger partial charge in [0.15, 0.2) is 11.5 Å². The molecule has 0 radical (unpaired) electrons. The molecule has 2 aliphatic carbocycles. The number of hydrogen-bond donors (Lipinski definition) is 3. The molecule has 2 amide bonds. The molecule has 0 unspecified atom stereocenters. The van der Waals surface area contributed by atoms with E-state index in [1.165, 1.54) is 13.2 Å². The summed E-state index contributed by atoms with van der Waals surface area (Å²) in [4.78, 5) is 40.1. The van der Waals surface area contributed by atoms with Gasteiger partial charge in [0.2, 0.25) is 11.8 Å². The average Bonchev–Trinajstić information content (AvgIpc) is 3.72. The summed E-state index contributed by atoms with van der Waals surface area (Å²) < 4.78 is 11.7. The maximum atomic E-state index is 13.5. The van der Waals surface area contributed by atoms with E-state index in [1.807, 2.05) is 0 Å². The number of amides is 2. The van der Waals surface area contributed by atoms with E-state index in [9.17, 15) is 24.6 Å². The van der Waals surface area contributed by atoms with Gasteiger partial charge in [0, 0.05) is 35.7 Å². The first-order chi connectivity index (χ1) is 18.8. The van der Waals surface area contributed by atoms with Crippen LogP contribution >= 0.6 is 23.2 Å². The quantitative estimate of drug-likeness (QED) is 0.393. The molecule has 1 heterocycles. The largest absolute Gasteiger partial charge is 0.493 e. The van der Waals surface area contributed by atoms with E-state index in [1.54, 1.807) is 35.2 Å². The van der Waals surface area contributed by atoms with Crippen molar-refractivity contribution >= 4 is 41.3 Å². The SMILES string of the molecule is COc1cc(C=O)cc2c1O[C@@H]1[C@@H](O)[C@H](N(Cc3ccc(Cl)c(Cl)c3)C(=O)C3CC3)C=C(C(=O)NCCO)[C@H]21. The summed E-state index contributed by atoms with van der Waals surface area (Å²) >= 11 is 12.3. The van der Waals surface area contributed by atoms with Gasteiger partial charge in [0.25, 0.3) is 0 Å². The van der Waals surface area contributed by atoms with Gasteiger partial charge in [-0.3, -0.25) is 14.4 Å². The van der Waals surface area contributed by atoms with Crippen LogP contribution in [0.2, 0.25) is 10.0 Å². The van der Waals surface area contributed by atoms with Crippen molar-refractivity contribution in [1.29, 1.82) is 0 Å². The predicted octanol–water partition coefficient (Wildman–Crippen LogP) is 2.88. The number of aldehydes is 1. The fraction of sp³-hybridized carbons (Fsp3) is 0.393. The summed E-state index contributed by atoms with van der Waals surface area (Å²) in [7, 11) is 1.44. The lowest BCUT2D eigenvalue weighted by Gasteiger charge is -2.41. The van der Waals surface area contributed by atoms with E-state index in [4.69, 9.17) is 32.7 Å². The Morgan fingerprint density at radius 2 is 1.97 bits per heavy atom. The number of carbonyl (C=O) groups excluding carboxylic acids is 3. The number of aliphatic hydroxyl groups is 2. The summed E-state index contributed by atoms with van der Waals surface area (Å²) in [5.74, 6) is -0.911. The zero-order valence-electron chi connectivity index (χ0n) is 21.1. The van der Waals surface area contributed by atoms with Gasteiger partial charge in [-0.15, -0.1) is 0 Å². The molecule has 9 nitrogen and oxygen atoms in total. The van der Waals surface area contributed by atoms with Crippen molar-refractivity contribution in [3.8, 4) is 11.5 Å². The Hall–Kier alpha value is -3.11. The first-order valence-corrected chi connectivity index (χ1v) is 13.4. The lowest BCUT2D eigenvalue weighted by atomic mass is 9.77. The highest BCUT2D eigenvalue weighted by Gasteiger charge is 2.52. The number of fused-ring (bicyclic) bond motifs is 3. The number of ether oxygens (including phenoxy) is 2. The van der Waals surface area contributed by atoms with Gasteiger partial charge in [0.1, 0.15) is 18.5 Å². The van der Waals surface area contributed by atoms with Gasteiger partial charge in [-0.05, 0) is 48.7 Å². The molecule has 0 aromatic heterocycles. The molecule has 2 aromatic rings. The van der Waals surface area contributed by atoms with Crippen molar-refractivity contribution in [1.82, 2.24) is 10.2 Å². The molecule has 39 heavy (non-hydrogen) atoms. The second kappa shape index (κ2) is 11.2. The van der Waals surface area contributed by atoms with Crippen LogP contribution in [0.25, 0.3) is 0 Å². The third-order valence-corrected chi connectivity index (χ3v) is 8.06. The van der Waals surface area contributed by atoms with E-state index in [-0.39, 0.29) is 37.1 Å². The summed E-state index contributed by atoms with van der Waals surface area (Å²) in [6.45, 7) is -0.127. The van der Waals surface area contributed by atoms with Crippen molar-refractivity contribution in [2.45, 2.75) is 43.6 Å². The molecule has 3 N–H and O–H groups in total. The smallest absolute Gasteiger partial charge is 0.247 e. The number of halogens is 2. The van der Waals surface area contributed by atoms with E-state index in [0.29, 0.717) is 44.5 Å². The van der Waals surface area contributed by atoms with E-state index in [2.05, 4.69) is 5.32 Å². The maximum absolute atomic E-state index is 13.5. The molecule has 0 saturated heterocycles. The highest BCUT2D eigenvalue weighted by Crippen LogP contribution is 2.51. The Morgan fingerprint density at radius 3 is 2.62 bits per heavy atom. The monoisotopic (exact) mass is 574 g/mol. The first-order valence-electron chi connectivity index (χ1n) is 12.6. The standard InChI is InChI=1S/C28H28Cl2N2O7/c1-38-22-10-15(13-34)8-17-23-18(27(36)31-6-7-33)11-21(24(35)26(23)39-25(17)22)32(28(37)16-3-4-16)12-14-2-5-19(29)20(30)9-14/h2,5,8-11,13,16,21,23-24,26,33,35H,3-4,6-7,12H2,1H3,(H,31,36)/t21-,23+,24+,26+/m1/s1. The molecule has 0 bridgehead atoms. The summed E-state index contributed by atoms with van der Waals surface area (Å²) in [6, 6.07) is 7.29. The Morgan fingerprint density at radius 1 is 1.21 bits per heavy atom. The molecule has 1 saturated carbocycles. The minimum atomic E-state index is -1.22. The van der Waals surface area contributed by atoms with Gasteiger partial charge in [-0.25, -0.2) is 0 Å². The minimum Gasteiger partial charge on any atom is -0.493 e. The molecule has 0 spiro atoms. The summed E-state index contributed by atoms with van der Waals surface area (Å²) in [6.07, 6.45) is 1.59. The topological polar surface area (TPSA) is 125 Å². The van der Waals surface area contributed by atoms with Crippen LogP contribution in [0.3, 0.4) is 0 Å². The third-order valence-electron chi connectivity index (χ3n) is 7.32. The van der Waals surface area contributed by atoms with Crippen molar-refractivity contribution in [3.05, 3.63) is 68.7 Å². The molecular weight excluding hydrogens is 547 g/mol. The van der Waals surface area contributed by atoms with Crippen LogP contribution in [0.15, 0.2) is 42.0 Å². The number of carbonyl (C=O) groups is 3. The molecule has 3 aliphatic rings. The Labute approximate surface area is 235 Å². The van der Waals surface area contributed by atoms with E-state index in [0.717, 1.165) is 12.8 Å². The number of hydrogen-bond acceptors (Lipinski definition) is 7. The highest BCUT2D eigenvalue weighted by atomic mass is 35.5. The van der Waals surface area contributed by atoms with Crippen molar-refractivity contribution in [2.24, 2.45) is 5.92 Å². The van der Waals surface area contributed by atoms with Crippen molar-refractivity contribution in [2.75, 3.05) is 20.3 Å². The second-order valence-corrected chi connectivity index (χ2v) is 10.7. The number of rotatable bonds is 9. The van der Waals surface area contributed by atoms with Crippen molar-refractivity contribution in [3.63, 3.8) is 0 Å². The first kappa shape index (κ1) is 27.5. The molecule has 2 aromatic carbocycles. The summed E-state index contributed by atoms with van der Waals surface area (Å²) in [5, 5.41) is 24.4. The molecular formula is C28H28Cl2N2O7. The number of nitrogens with zero attached hydrogens (tertiary/aromatic N) is 1. The van der Waals surface area contributed by atoms with Gasteiger partial charge >= 0.3 is 0 Å². The zero-order chi connectivity index (χ0) is 27.8. The summed E-state index contributed by atoms with van der Waals surface area (Å²) in [5.41, 5.74) is 1.82. The van der Waals surface area contributed by atoms with Crippen LogP contribution in [0.4, 0.5) is 0 Å². The number of nitrogens with one attached hydrogen (secondary N) is 1. The fourth-order valence-corrected chi connectivity index (χ4v) is 5.61. The van der Waals surface area contributed by atoms with Gasteiger partial charge < -0.3 is 29.9 Å². The zero-order valence-corrected chi connectivity index (χ0v) is 22.6. The van der Waals surface area contributed by atoms with Gasteiger partial charge in [-0.1, -0.05) is 29.3 Å². The number of aliphatic hydroxyl groups excluding tert-OH is 2. The Kier molecular flexibility index (Phi) is 7.87. The van der Waals surface area contributed by atoms with E-state index >= 15 is 0 Å².